The Morgan fingerprint density at radius 1 is 0.338 bits per heavy atom. The summed E-state index contributed by atoms with van der Waals surface area (Å²) in [5.41, 5.74) is 18.5. The molecule has 6 nitrogen and oxygen atoms in total. The first-order chi connectivity index (χ1) is 35.0. The summed E-state index contributed by atoms with van der Waals surface area (Å²) in [7, 11) is 0. The Morgan fingerprint density at radius 2 is 0.634 bits per heavy atom. The zero-order valence-corrected chi connectivity index (χ0v) is 39.2. The lowest BCUT2D eigenvalue weighted by Crippen LogP contribution is -2.29. The summed E-state index contributed by atoms with van der Waals surface area (Å²) in [5.74, 6) is 1.13. The van der Waals surface area contributed by atoms with Crippen molar-refractivity contribution in [1.29, 1.82) is 0 Å². The van der Waals surface area contributed by atoms with Crippen molar-refractivity contribution in [1.82, 2.24) is 9.97 Å². The van der Waals surface area contributed by atoms with Gasteiger partial charge in [-0.15, -0.1) is 0 Å². The van der Waals surface area contributed by atoms with Gasteiger partial charge in [-0.25, -0.2) is 9.97 Å². The van der Waals surface area contributed by atoms with Crippen molar-refractivity contribution < 1.29 is 8.83 Å². The minimum atomic E-state index is -0.889. The van der Waals surface area contributed by atoms with Gasteiger partial charge in [-0.3, -0.25) is 0 Å². The highest BCUT2D eigenvalue weighted by Crippen LogP contribution is 2.63. The zero-order valence-electron chi connectivity index (χ0n) is 39.2. The van der Waals surface area contributed by atoms with Crippen LogP contribution in [-0.4, -0.2) is 9.97 Å². The average molecular weight is 915 g/mol. The van der Waals surface area contributed by atoms with Crippen molar-refractivity contribution in [3.63, 3.8) is 0 Å². The van der Waals surface area contributed by atoms with Crippen molar-refractivity contribution in [3.05, 3.63) is 277 Å². The molecule has 0 unspecified atom stereocenters. The van der Waals surface area contributed by atoms with Crippen LogP contribution in [0.25, 0.3) is 55.6 Å². The number of nitrogens with zero attached hydrogens (tertiary/aromatic N) is 4. The van der Waals surface area contributed by atoms with Gasteiger partial charge in [0, 0.05) is 47.7 Å². The fourth-order valence-electron chi connectivity index (χ4n) is 11.0. The first kappa shape index (κ1) is 41.9. The van der Waals surface area contributed by atoms with Gasteiger partial charge in [0.2, 0.25) is 0 Å². The summed E-state index contributed by atoms with van der Waals surface area (Å²) >= 11 is 0. The van der Waals surface area contributed by atoms with E-state index < -0.39 is 5.41 Å². The van der Waals surface area contributed by atoms with Gasteiger partial charge in [-0.2, -0.15) is 0 Å². The molecule has 12 aromatic rings. The molecule has 2 aromatic heterocycles. The number of anilines is 6. The lowest BCUT2D eigenvalue weighted by atomic mass is 9.67. The number of oxazole rings is 2. The summed E-state index contributed by atoms with van der Waals surface area (Å²) in [6.45, 7) is 3.88. The van der Waals surface area contributed by atoms with Crippen molar-refractivity contribution in [2.75, 3.05) is 9.80 Å². The Hall–Kier alpha value is -9.26. The van der Waals surface area contributed by atoms with Crippen LogP contribution in [-0.2, 0) is 5.41 Å². The molecule has 0 N–H and O–H groups in total. The number of aryl methyl sites for hydroxylation is 2. The van der Waals surface area contributed by atoms with Crippen molar-refractivity contribution in [2.45, 2.75) is 19.3 Å². The van der Waals surface area contributed by atoms with Gasteiger partial charge in [0.25, 0.3) is 0 Å². The monoisotopic (exact) mass is 914 g/mol. The van der Waals surface area contributed by atoms with Crippen LogP contribution in [0.1, 0.15) is 34.0 Å². The summed E-state index contributed by atoms with van der Waals surface area (Å²) in [6.07, 6.45) is 0. The van der Waals surface area contributed by atoms with E-state index in [0.29, 0.717) is 22.9 Å². The van der Waals surface area contributed by atoms with E-state index in [9.17, 15) is 0 Å². The van der Waals surface area contributed by atoms with Crippen LogP contribution in [0.4, 0.5) is 34.1 Å². The minimum absolute atomic E-state index is 0.566. The number of fused-ring (bicyclic) bond motifs is 7. The lowest BCUT2D eigenvalue weighted by molar-refractivity contribution is 0.558. The molecule has 71 heavy (non-hydrogen) atoms. The Morgan fingerprint density at radius 3 is 0.986 bits per heavy atom. The number of benzene rings is 10. The van der Waals surface area contributed by atoms with Gasteiger partial charge in [-0.05, 0) is 105 Å². The number of aromatic nitrogens is 2. The summed E-state index contributed by atoms with van der Waals surface area (Å²) in [6, 6.07) is 86.2. The minimum Gasteiger partial charge on any atom is -0.440 e. The molecule has 1 aliphatic rings. The van der Waals surface area contributed by atoms with Crippen LogP contribution in [0, 0.1) is 13.8 Å². The average Bonchev–Trinajstić information content (AvgIpc) is 4.12. The maximum Gasteiger partial charge on any atom is 0.192 e. The molecule has 0 atom stereocenters. The second-order valence-corrected chi connectivity index (χ2v) is 18.1. The van der Waals surface area contributed by atoms with Gasteiger partial charge >= 0.3 is 0 Å². The second-order valence-electron chi connectivity index (χ2n) is 18.1. The molecule has 2 heterocycles. The van der Waals surface area contributed by atoms with Crippen molar-refractivity contribution in [3.8, 4) is 33.4 Å². The fraction of sp³-hybridized carbons (Fsp3) is 0.0462. The van der Waals surface area contributed by atoms with Gasteiger partial charge < -0.3 is 18.6 Å². The molecule has 0 aliphatic heterocycles. The molecular weight excluding hydrogens is 869 g/mol. The van der Waals surface area contributed by atoms with Crippen LogP contribution in [0.15, 0.2) is 251 Å². The highest BCUT2D eigenvalue weighted by Gasteiger charge is 2.50. The predicted octanol–water partition coefficient (Wildman–Crippen LogP) is 17.2. The topological polar surface area (TPSA) is 58.5 Å². The molecule has 0 fully saturated rings. The Kier molecular flexibility index (Phi) is 10.1. The predicted molar refractivity (Wildman–Crippen MR) is 289 cm³/mol. The lowest BCUT2D eigenvalue weighted by Gasteiger charge is -2.35. The Bertz CT molecular complexity index is 3600. The van der Waals surface area contributed by atoms with Crippen LogP contribution in [0.5, 0.6) is 0 Å². The van der Waals surface area contributed by atoms with Crippen LogP contribution in [0.3, 0.4) is 0 Å². The van der Waals surface area contributed by atoms with E-state index in [2.05, 4.69) is 252 Å². The van der Waals surface area contributed by atoms with Gasteiger partial charge in [-0.1, -0.05) is 182 Å². The van der Waals surface area contributed by atoms with E-state index in [-0.39, 0.29) is 0 Å². The highest BCUT2D eigenvalue weighted by atomic mass is 16.4. The molecule has 1 aliphatic carbocycles. The molecule has 13 rings (SSSR count). The Balaban J connectivity index is 1.13. The van der Waals surface area contributed by atoms with Crippen LogP contribution >= 0.6 is 0 Å². The third kappa shape index (κ3) is 6.86. The van der Waals surface area contributed by atoms with E-state index >= 15 is 0 Å². The summed E-state index contributed by atoms with van der Waals surface area (Å²) in [4.78, 5) is 15.2. The molecule has 0 radical (unpaired) electrons. The zero-order chi connectivity index (χ0) is 47.5. The molecule has 0 saturated heterocycles. The molecule has 0 bridgehead atoms. The standard InChI is InChI=1S/C65H46N4O2/c1-43-66-61-57(68(51-29-17-7-18-30-51)53-37-33-47(34-38-53)45-21-9-3-10-22-45)41-55-59(63(61)70-43)60-56(65(55,49-25-13-5-14-26-49)50-27-15-6-16-28-50)42-58(62-64(60)71-44(2)67-62)69(52-31-19-8-20-32-52)54-39-35-48(36-40-54)46-23-11-4-12-24-46/h3-42H,1-2H3. The van der Waals surface area contributed by atoms with Crippen molar-refractivity contribution >= 4 is 56.3 Å². The van der Waals surface area contributed by atoms with Gasteiger partial charge in [0.15, 0.2) is 22.9 Å². The first-order valence-corrected chi connectivity index (χ1v) is 24.1. The van der Waals surface area contributed by atoms with Gasteiger partial charge in [0.05, 0.1) is 16.8 Å². The number of para-hydroxylation sites is 2. The molecule has 338 valence electrons. The molecule has 0 saturated carbocycles. The van der Waals surface area contributed by atoms with E-state index in [0.717, 1.165) is 101 Å². The van der Waals surface area contributed by atoms with Crippen LogP contribution in [0.2, 0.25) is 0 Å². The largest absolute Gasteiger partial charge is 0.440 e. The van der Waals surface area contributed by atoms with E-state index in [1.165, 1.54) is 0 Å². The maximum absolute atomic E-state index is 6.98. The quantitative estimate of drug-likeness (QED) is 0.136. The maximum atomic E-state index is 6.98. The molecule has 10 aromatic carbocycles. The SMILES string of the molecule is Cc1nc2c(N(c3ccccc3)c3ccc(-c4ccccc4)cc3)cc3c(c2o1)-c1c(cc(N(c2ccccc2)c2ccc(-c4ccccc4)cc2)c2nc(C)oc12)C3(c1ccccc1)c1ccccc1. The van der Waals surface area contributed by atoms with E-state index in [4.69, 9.17) is 18.8 Å². The Labute approximate surface area is 412 Å². The first-order valence-electron chi connectivity index (χ1n) is 24.1. The van der Waals surface area contributed by atoms with Gasteiger partial charge in [0.1, 0.15) is 11.0 Å². The van der Waals surface area contributed by atoms with Crippen LogP contribution < -0.4 is 9.80 Å². The third-order valence-electron chi connectivity index (χ3n) is 14.0. The summed E-state index contributed by atoms with van der Waals surface area (Å²) < 4.78 is 14.0. The molecule has 0 amide bonds. The number of rotatable bonds is 10. The molecule has 6 heteroatoms. The highest BCUT2D eigenvalue weighted by molar-refractivity contribution is 6.14. The smallest absolute Gasteiger partial charge is 0.192 e. The van der Waals surface area contributed by atoms with Crippen molar-refractivity contribution in [2.24, 2.45) is 0 Å². The third-order valence-corrected chi connectivity index (χ3v) is 14.0. The molecular formula is C65H46N4O2. The molecule has 0 spiro atoms. The summed E-state index contributed by atoms with van der Waals surface area (Å²) in [5, 5.41) is 0. The van der Waals surface area contributed by atoms with E-state index in [1.54, 1.807) is 0 Å². The second kappa shape index (κ2) is 17.1. The van der Waals surface area contributed by atoms with E-state index in [1.807, 2.05) is 13.8 Å². The fourth-order valence-corrected chi connectivity index (χ4v) is 11.0. The number of hydrogen-bond donors (Lipinski definition) is 0. The normalized spacial score (nSPS) is 12.5. The number of hydrogen-bond acceptors (Lipinski definition) is 6.